The Morgan fingerprint density at radius 3 is 2.45 bits per heavy atom. The van der Waals surface area contributed by atoms with E-state index in [4.69, 9.17) is 22.4 Å². The van der Waals surface area contributed by atoms with Crippen LogP contribution in [0.25, 0.3) is 0 Å². The van der Waals surface area contributed by atoms with Crippen molar-refractivity contribution in [1.29, 1.82) is 0 Å². The molecule has 0 heterocycles. The van der Waals surface area contributed by atoms with Crippen LogP contribution in [0.4, 0.5) is 5.69 Å². The van der Waals surface area contributed by atoms with Crippen LogP contribution in [-0.2, 0) is 16.0 Å². The molecule has 20 heavy (non-hydrogen) atoms. The van der Waals surface area contributed by atoms with Gasteiger partial charge < -0.3 is 16.2 Å². The van der Waals surface area contributed by atoms with Gasteiger partial charge in [-0.1, -0.05) is 12.1 Å². The van der Waals surface area contributed by atoms with Crippen molar-refractivity contribution in [2.24, 2.45) is 5.73 Å². The van der Waals surface area contributed by atoms with E-state index in [-0.39, 0.29) is 12.3 Å². The molecule has 0 radical (unpaired) electrons. The number of nitrogens with one attached hydrogen (secondary N) is 1. The Morgan fingerprint density at radius 2 is 1.90 bits per heavy atom. The minimum Gasteiger partial charge on any atom is -0.480 e. The number of carbonyl (C=O) groups excluding carboxylic acids is 1. The average Bonchev–Trinajstić information content (AvgIpc) is 2.41. The van der Waals surface area contributed by atoms with E-state index >= 15 is 0 Å². The average molecular weight is 299 g/mol. The van der Waals surface area contributed by atoms with Crippen molar-refractivity contribution < 1.29 is 14.7 Å². The van der Waals surface area contributed by atoms with Crippen molar-refractivity contribution in [3.05, 3.63) is 29.8 Å². The van der Waals surface area contributed by atoms with E-state index in [1.54, 1.807) is 24.3 Å². The van der Waals surface area contributed by atoms with Gasteiger partial charge in [-0.25, -0.2) is 0 Å². The first-order valence-electron chi connectivity index (χ1n) is 6.46. The molecule has 0 aromatic heterocycles. The van der Waals surface area contributed by atoms with Crippen molar-refractivity contribution >= 4 is 29.2 Å². The van der Waals surface area contributed by atoms with Crippen LogP contribution in [0.15, 0.2) is 24.3 Å². The van der Waals surface area contributed by atoms with Crippen molar-refractivity contribution in [1.82, 2.24) is 0 Å². The quantitative estimate of drug-likeness (QED) is 0.505. The highest BCUT2D eigenvalue weighted by atomic mass is 35.5. The maximum Gasteiger partial charge on any atom is 0.320 e. The maximum atomic E-state index is 11.6. The van der Waals surface area contributed by atoms with Crippen LogP contribution in [0.3, 0.4) is 0 Å². The highest BCUT2D eigenvalue weighted by Crippen LogP contribution is 2.12. The van der Waals surface area contributed by atoms with Gasteiger partial charge in [0.05, 0.1) is 0 Å². The fraction of sp³-hybridized carbons (Fsp3) is 0.429. The number of unbranched alkanes of at least 4 members (excludes halogenated alkanes) is 1. The molecule has 0 aliphatic heterocycles. The first kappa shape index (κ1) is 16.5. The van der Waals surface area contributed by atoms with Gasteiger partial charge in [0.15, 0.2) is 0 Å². The van der Waals surface area contributed by atoms with Crippen molar-refractivity contribution in [2.75, 3.05) is 11.2 Å². The number of rotatable bonds is 8. The minimum absolute atomic E-state index is 0.0508. The molecule has 0 aliphatic rings. The van der Waals surface area contributed by atoms with Gasteiger partial charge in [0, 0.05) is 18.0 Å². The molecule has 1 amide bonds. The SMILES string of the molecule is N[C@@H](Cc1ccc(NC(=O)CCCCCl)cc1)C(=O)O. The lowest BCUT2D eigenvalue weighted by Crippen LogP contribution is -2.32. The van der Waals surface area contributed by atoms with Crippen LogP contribution in [0.2, 0.25) is 0 Å². The molecule has 1 aromatic carbocycles. The number of halogens is 1. The third-order valence-electron chi connectivity index (χ3n) is 2.80. The second-order valence-electron chi connectivity index (χ2n) is 4.54. The zero-order valence-electron chi connectivity index (χ0n) is 11.1. The summed E-state index contributed by atoms with van der Waals surface area (Å²) in [6.07, 6.45) is 2.29. The Balaban J connectivity index is 2.46. The lowest BCUT2D eigenvalue weighted by Gasteiger charge is -2.08. The normalized spacial score (nSPS) is 11.9. The van der Waals surface area contributed by atoms with Crippen LogP contribution < -0.4 is 11.1 Å². The standard InChI is InChI=1S/C14H19ClN2O3/c15-8-2-1-3-13(18)17-11-6-4-10(5-7-11)9-12(16)14(19)20/h4-7,12H,1-3,8-9,16H2,(H,17,18)(H,19,20)/t12-/m0/s1. The number of amides is 1. The van der Waals surface area contributed by atoms with Gasteiger partial charge in [-0.15, -0.1) is 11.6 Å². The molecule has 0 saturated heterocycles. The number of nitrogens with two attached hydrogens (primary N) is 1. The second kappa shape index (κ2) is 8.55. The van der Waals surface area contributed by atoms with E-state index in [1.165, 1.54) is 0 Å². The van der Waals surface area contributed by atoms with Crippen molar-refractivity contribution in [3.63, 3.8) is 0 Å². The van der Waals surface area contributed by atoms with Gasteiger partial charge >= 0.3 is 5.97 Å². The molecule has 0 unspecified atom stereocenters. The monoisotopic (exact) mass is 298 g/mol. The van der Waals surface area contributed by atoms with Crippen molar-refractivity contribution in [3.8, 4) is 0 Å². The van der Waals surface area contributed by atoms with Gasteiger partial charge in [-0.2, -0.15) is 0 Å². The molecule has 5 nitrogen and oxygen atoms in total. The predicted molar refractivity (Wildman–Crippen MR) is 79.0 cm³/mol. The van der Waals surface area contributed by atoms with Crippen LogP contribution in [-0.4, -0.2) is 28.9 Å². The van der Waals surface area contributed by atoms with E-state index in [2.05, 4.69) is 5.32 Å². The summed E-state index contributed by atoms with van der Waals surface area (Å²) in [5.74, 6) is -0.516. The number of alkyl halides is 1. The summed E-state index contributed by atoms with van der Waals surface area (Å²) in [5, 5.41) is 11.5. The van der Waals surface area contributed by atoms with Crippen LogP contribution in [0.1, 0.15) is 24.8 Å². The maximum absolute atomic E-state index is 11.6. The summed E-state index contributed by atoms with van der Waals surface area (Å²) in [6, 6.07) is 6.09. The molecule has 4 N–H and O–H groups in total. The van der Waals surface area contributed by atoms with Gasteiger partial charge in [0.2, 0.25) is 5.91 Å². The Morgan fingerprint density at radius 1 is 1.25 bits per heavy atom. The molecule has 6 heteroatoms. The second-order valence-corrected chi connectivity index (χ2v) is 4.92. The highest BCUT2D eigenvalue weighted by molar-refractivity contribution is 6.17. The number of aliphatic carboxylic acids is 1. The summed E-state index contributed by atoms with van der Waals surface area (Å²) >= 11 is 5.54. The molecule has 0 spiro atoms. The number of hydrogen-bond acceptors (Lipinski definition) is 3. The minimum atomic E-state index is -1.03. The molecule has 0 aliphatic carbocycles. The first-order chi connectivity index (χ1) is 9.52. The molecular weight excluding hydrogens is 280 g/mol. The zero-order chi connectivity index (χ0) is 15.0. The fourth-order valence-corrected chi connectivity index (χ4v) is 1.86. The third kappa shape index (κ3) is 6.04. The predicted octanol–water partition coefficient (Wildman–Crippen LogP) is 1.99. The molecule has 1 aromatic rings. The Hall–Kier alpha value is -1.59. The van der Waals surface area contributed by atoms with E-state index < -0.39 is 12.0 Å². The summed E-state index contributed by atoms with van der Waals surface area (Å²) in [6.45, 7) is 0. The van der Waals surface area contributed by atoms with E-state index in [0.29, 0.717) is 18.0 Å². The molecule has 1 rings (SSSR count). The summed E-state index contributed by atoms with van der Waals surface area (Å²) in [7, 11) is 0. The summed E-state index contributed by atoms with van der Waals surface area (Å²) in [5.41, 5.74) is 6.96. The number of carboxylic acid groups (broad SMARTS) is 1. The number of carboxylic acids is 1. The molecule has 1 atom stereocenters. The smallest absolute Gasteiger partial charge is 0.320 e. The first-order valence-corrected chi connectivity index (χ1v) is 6.99. The lowest BCUT2D eigenvalue weighted by molar-refractivity contribution is -0.138. The summed E-state index contributed by atoms with van der Waals surface area (Å²) in [4.78, 5) is 22.2. The number of benzene rings is 1. The number of hydrogen-bond donors (Lipinski definition) is 3. The highest BCUT2D eigenvalue weighted by Gasteiger charge is 2.11. The van der Waals surface area contributed by atoms with Crippen LogP contribution in [0.5, 0.6) is 0 Å². The molecule has 0 saturated carbocycles. The van der Waals surface area contributed by atoms with E-state index in [0.717, 1.165) is 18.4 Å². The van der Waals surface area contributed by atoms with Gasteiger partial charge in [0.1, 0.15) is 6.04 Å². The number of anilines is 1. The van der Waals surface area contributed by atoms with Crippen LogP contribution in [0, 0.1) is 0 Å². The van der Waals surface area contributed by atoms with Crippen LogP contribution >= 0.6 is 11.6 Å². The van der Waals surface area contributed by atoms with E-state index in [1.807, 2.05) is 0 Å². The Labute approximate surface area is 123 Å². The van der Waals surface area contributed by atoms with Gasteiger partial charge in [-0.3, -0.25) is 9.59 Å². The Bertz CT molecular complexity index is 448. The topological polar surface area (TPSA) is 92.4 Å². The molecular formula is C14H19ClN2O3. The van der Waals surface area contributed by atoms with Gasteiger partial charge in [-0.05, 0) is 37.0 Å². The molecule has 110 valence electrons. The lowest BCUT2D eigenvalue weighted by atomic mass is 10.1. The summed E-state index contributed by atoms with van der Waals surface area (Å²) < 4.78 is 0. The van der Waals surface area contributed by atoms with Crippen molar-refractivity contribution in [2.45, 2.75) is 31.7 Å². The number of carbonyl (C=O) groups is 2. The van der Waals surface area contributed by atoms with E-state index in [9.17, 15) is 9.59 Å². The van der Waals surface area contributed by atoms with Gasteiger partial charge in [0.25, 0.3) is 0 Å². The molecule has 0 bridgehead atoms. The largest absolute Gasteiger partial charge is 0.480 e. The zero-order valence-corrected chi connectivity index (χ0v) is 11.9. The molecule has 0 fully saturated rings. The third-order valence-corrected chi connectivity index (χ3v) is 3.07. The Kier molecular flexibility index (Phi) is 7.04. The fourth-order valence-electron chi connectivity index (χ4n) is 1.67.